The molecule has 0 aliphatic carbocycles. The first kappa shape index (κ1) is 7.13. The lowest BCUT2D eigenvalue weighted by molar-refractivity contribution is 0.247. The van der Waals surface area contributed by atoms with Crippen molar-refractivity contribution < 1.29 is 0 Å². The van der Waals surface area contributed by atoms with Crippen molar-refractivity contribution in [1.82, 2.24) is 16.2 Å². The van der Waals surface area contributed by atoms with E-state index in [-0.39, 0.29) is 0 Å². The fourth-order valence-electron chi connectivity index (χ4n) is 1.85. The summed E-state index contributed by atoms with van der Waals surface area (Å²) in [5, 5.41) is 3.43. The number of rotatable bonds is 0. The highest BCUT2D eigenvalue weighted by atomic mass is 15.4. The molecule has 1 spiro atoms. The van der Waals surface area contributed by atoms with Crippen LogP contribution in [0.1, 0.15) is 12.8 Å². The van der Waals surface area contributed by atoms with E-state index in [0.29, 0.717) is 5.41 Å². The first-order chi connectivity index (χ1) is 5.41. The minimum Gasteiger partial charge on any atom is -0.329 e. The SMILES string of the molecule is C1=CC2(CCCNC2)CNN1. The van der Waals surface area contributed by atoms with Crippen molar-refractivity contribution in [2.75, 3.05) is 19.6 Å². The normalized spacial score (nSPS) is 37.1. The van der Waals surface area contributed by atoms with Gasteiger partial charge in [-0.25, -0.2) is 5.43 Å². The molecule has 1 fully saturated rings. The van der Waals surface area contributed by atoms with Gasteiger partial charge in [0.1, 0.15) is 0 Å². The Balaban J connectivity index is 2.06. The van der Waals surface area contributed by atoms with Gasteiger partial charge in [-0.15, -0.1) is 0 Å². The van der Waals surface area contributed by atoms with Gasteiger partial charge in [0.25, 0.3) is 0 Å². The molecule has 2 aliphatic heterocycles. The zero-order valence-electron chi connectivity index (χ0n) is 6.69. The van der Waals surface area contributed by atoms with Crippen LogP contribution in [-0.2, 0) is 0 Å². The average molecular weight is 153 g/mol. The Labute approximate surface area is 67.2 Å². The maximum Gasteiger partial charge on any atom is 0.0252 e. The first-order valence-electron chi connectivity index (χ1n) is 4.28. The van der Waals surface area contributed by atoms with Crippen LogP contribution in [0.2, 0.25) is 0 Å². The van der Waals surface area contributed by atoms with E-state index in [1.54, 1.807) is 0 Å². The van der Waals surface area contributed by atoms with Gasteiger partial charge in [0.15, 0.2) is 0 Å². The molecule has 0 aromatic rings. The largest absolute Gasteiger partial charge is 0.329 e. The van der Waals surface area contributed by atoms with Crippen LogP contribution >= 0.6 is 0 Å². The third-order valence-corrected chi connectivity index (χ3v) is 2.57. The van der Waals surface area contributed by atoms with Crippen LogP contribution in [-0.4, -0.2) is 19.6 Å². The molecule has 3 heteroatoms. The smallest absolute Gasteiger partial charge is 0.0252 e. The van der Waals surface area contributed by atoms with E-state index < -0.39 is 0 Å². The summed E-state index contributed by atoms with van der Waals surface area (Å²) in [4.78, 5) is 0. The molecule has 0 aromatic heterocycles. The number of nitrogens with one attached hydrogen (secondary N) is 3. The molecule has 62 valence electrons. The van der Waals surface area contributed by atoms with E-state index in [1.807, 2.05) is 6.20 Å². The summed E-state index contributed by atoms with van der Waals surface area (Å²) in [5.74, 6) is 0. The summed E-state index contributed by atoms with van der Waals surface area (Å²) in [6.07, 6.45) is 6.91. The van der Waals surface area contributed by atoms with Gasteiger partial charge >= 0.3 is 0 Å². The van der Waals surface area contributed by atoms with Crippen LogP contribution in [0.5, 0.6) is 0 Å². The highest BCUT2D eigenvalue weighted by Gasteiger charge is 2.30. The fourth-order valence-corrected chi connectivity index (χ4v) is 1.85. The van der Waals surface area contributed by atoms with Gasteiger partial charge in [-0.05, 0) is 19.4 Å². The molecule has 3 nitrogen and oxygen atoms in total. The molecule has 2 aliphatic rings. The van der Waals surface area contributed by atoms with E-state index in [1.165, 1.54) is 19.4 Å². The van der Waals surface area contributed by atoms with E-state index >= 15 is 0 Å². The summed E-state index contributed by atoms with van der Waals surface area (Å²) < 4.78 is 0. The molecule has 2 heterocycles. The summed E-state index contributed by atoms with van der Waals surface area (Å²) in [6, 6.07) is 0. The Morgan fingerprint density at radius 1 is 1.27 bits per heavy atom. The molecule has 1 unspecified atom stereocenters. The van der Waals surface area contributed by atoms with Crippen LogP contribution in [0.25, 0.3) is 0 Å². The van der Waals surface area contributed by atoms with Gasteiger partial charge < -0.3 is 10.7 Å². The maximum absolute atomic E-state index is 3.43. The summed E-state index contributed by atoms with van der Waals surface area (Å²) in [5.41, 5.74) is 6.56. The molecule has 1 atom stereocenters. The number of hydrogen-bond donors (Lipinski definition) is 3. The first-order valence-corrected chi connectivity index (χ1v) is 4.28. The Morgan fingerprint density at radius 2 is 2.27 bits per heavy atom. The second-order valence-electron chi connectivity index (χ2n) is 3.47. The molecular formula is C8H15N3. The molecule has 2 rings (SSSR count). The van der Waals surface area contributed by atoms with Gasteiger partial charge in [0.05, 0.1) is 0 Å². The van der Waals surface area contributed by atoms with Crippen molar-refractivity contribution >= 4 is 0 Å². The minimum absolute atomic E-state index is 0.392. The van der Waals surface area contributed by atoms with Crippen molar-refractivity contribution in [3.8, 4) is 0 Å². The minimum atomic E-state index is 0.392. The van der Waals surface area contributed by atoms with Crippen molar-refractivity contribution in [3.63, 3.8) is 0 Å². The number of hydrazine groups is 1. The van der Waals surface area contributed by atoms with Gasteiger partial charge in [0.2, 0.25) is 0 Å². The predicted octanol–water partition coefficient (Wildman–Crippen LogP) is -0.0223. The lowest BCUT2D eigenvalue weighted by atomic mass is 9.80. The Hall–Kier alpha value is -0.540. The molecule has 3 N–H and O–H groups in total. The Kier molecular flexibility index (Phi) is 1.84. The summed E-state index contributed by atoms with van der Waals surface area (Å²) in [7, 11) is 0. The van der Waals surface area contributed by atoms with Gasteiger partial charge in [-0.1, -0.05) is 6.08 Å². The Morgan fingerprint density at radius 3 is 2.91 bits per heavy atom. The molecule has 1 saturated heterocycles. The van der Waals surface area contributed by atoms with Crippen LogP contribution in [0.3, 0.4) is 0 Å². The predicted molar refractivity (Wildman–Crippen MR) is 44.8 cm³/mol. The highest BCUT2D eigenvalue weighted by molar-refractivity contribution is 5.05. The molecule has 11 heavy (non-hydrogen) atoms. The van der Waals surface area contributed by atoms with Crippen molar-refractivity contribution in [1.29, 1.82) is 0 Å². The van der Waals surface area contributed by atoms with E-state index in [4.69, 9.17) is 0 Å². The molecule has 0 saturated carbocycles. The molecular weight excluding hydrogens is 138 g/mol. The van der Waals surface area contributed by atoms with Gasteiger partial charge in [0, 0.05) is 24.7 Å². The zero-order valence-corrected chi connectivity index (χ0v) is 6.69. The molecule has 0 bridgehead atoms. The third kappa shape index (κ3) is 1.39. The summed E-state index contributed by atoms with van der Waals surface area (Å²) >= 11 is 0. The zero-order chi connectivity index (χ0) is 7.57. The van der Waals surface area contributed by atoms with Crippen LogP contribution in [0, 0.1) is 5.41 Å². The van der Waals surface area contributed by atoms with E-state index in [0.717, 1.165) is 13.1 Å². The second-order valence-corrected chi connectivity index (χ2v) is 3.47. The van der Waals surface area contributed by atoms with Crippen molar-refractivity contribution in [2.45, 2.75) is 12.8 Å². The van der Waals surface area contributed by atoms with Gasteiger partial charge in [-0.3, -0.25) is 0 Å². The molecule has 0 aromatic carbocycles. The number of hydrogen-bond acceptors (Lipinski definition) is 3. The average Bonchev–Trinajstić information content (AvgIpc) is 2.07. The van der Waals surface area contributed by atoms with Crippen LogP contribution < -0.4 is 16.2 Å². The quantitative estimate of drug-likeness (QED) is 0.457. The standard InChI is InChI=1S/C8H15N3/c1-2-8(6-9-4-1)3-5-10-11-7-8/h3,5,9-11H,1-2,4,6-7H2. The van der Waals surface area contributed by atoms with E-state index in [9.17, 15) is 0 Å². The highest BCUT2D eigenvalue weighted by Crippen LogP contribution is 2.27. The van der Waals surface area contributed by atoms with Gasteiger partial charge in [-0.2, -0.15) is 0 Å². The monoisotopic (exact) mass is 153 g/mol. The Bertz CT molecular complexity index is 159. The second kappa shape index (κ2) is 2.83. The van der Waals surface area contributed by atoms with Crippen LogP contribution in [0.15, 0.2) is 12.3 Å². The molecule has 0 radical (unpaired) electrons. The fraction of sp³-hybridized carbons (Fsp3) is 0.750. The van der Waals surface area contributed by atoms with Crippen molar-refractivity contribution in [2.24, 2.45) is 5.41 Å². The molecule has 0 amide bonds. The van der Waals surface area contributed by atoms with Crippen molar-refractivity contribution in [3.05, 3.63) is 12.3 Å². The number of piperidine rings is 1. The topological polar surface area (TPSA) is 36.1 Å². The van der Waals surface area contributed by atoms with E-state index in [2.05, 4.69) is 22.2 Å². The lowest BCUT2D eigenvalue weighted by Gasteiger charge is -2.37. The summed E-state index contributed by atoms with van der Waals surface area (Å²) in [6.45, 7) is 3.36. The third-order valence-electron chi connectivity index (χ3n) is 2.57. The van der Waals surface area contributed by atoms with Crippen LogP contribution in [0.4, 0.5) is 0 Å². The maximum atomic E-state index is 3.43. The lowest BCUT2D eigenvalue weighted by Crippen LogP contribution is -2.50.